The molecule has 0 saturated heterocycles. The fourth-order valence-electron chi connectivity index (χ4n) is 2.41. The first kappa shape index (κ1) is 18.7. The quantitative estimate of drug-likeness (QED) is 0.572. The smallest absolute Gasteiger partial charge is 0.416 e. The summed E-state index contributed by atoms with van der Waals surface area (Å²) in [4.78, 5) is 18.5. The molecule has 0 aromatic carbocycles. The SMILES string of the molecule is Cc1c(Br)cc2c(N(Cc3ccco3)C(=O)OC(C)(C)C)nc(Cl)nn12. The summed E-state index contributed by atoms with van der Waals surface area (Å²) in [6, 6.07) is 5.36. The second-order valence-electron chi connectivity index (χ2n) is 6.73. The number of hydrogen-bond donors (Lipinski definition) is 0. The Morgan fingerprint density at radius 3 is 2.81 bits per heavy atom. The highest BCUT2D eigenvalue weighted by molar-refractivity contribution is 9.10. The molecule has 3 rings (SSSR count). The van der Waals surface area contributed by atoms with Crippen LogP contribution in [0.3, 0.4) is 0 Å². The first-order chi connectivity index (χ1) is 12.2. The van der Waals surface area contributed by atoms with Crippen LogP contribution in [0.5, 0.6) is 0 Å². The molecular formula is C17H18BrClN4O3. The van der Waals surface area contributed by atoms with Gasteiger partial charge in [0.2, 0.25) is 5.28 Å². The predicted octanol–water partition coefficient (Wildman–Crippen LogP) is 4.99. The molecule has 0 aliphatic carbocycles. The molecule has 0 aliphatic heterocycles. The van der Waals surface area contributed by atoms with E-state index in [0.717, 1.165) is 10.2 Å². The van der Waals surface area contributed by atoms with Gasteiger partial charge in [-0.2, -0.15) is 4.98 Å². The third kappa shape index (κ3) is 3.86. The lowest BCUT2D eigenvalue weighted by Gasteiger charge is -2.26. The first-order valence-corrected chi connectivity index (χ1v) is 9.07. The minimum Gasteiger partial charge on any atom is -0.467 e. The fraction of sp³-hybridized carbons (Fsp3) is 0.353. The van der Waals surface area contributed by atoms with Gasteiger partial charge in [-0.1, -0.05) is 0 Å². The summed E-state index contributed by atoms with van der Waals surface area (Å²) in [5.41, 5.74) is 0.799. The van der Waals surface area contributed by atoms with E-state index in [-0.39, 0.29) is 11.8 Å². The van der Waals surface area contributed by atoms with Crippen LogP contribution in [0.15, 0.2) is 33.4 Å². The third-order valence-corrected chi connectivity index (χ3v) is 4.49. The largest absolute Gasteiger partial charge is 0.467 e. The van der Waals surface area contributed by atoms with Gasteiger partial charge in [0.05, 0.1) is 18.5 Å². The van der Waals surface area contributed by atoms with Crippen molar-refractivity contribution in [3.05, 3.63) is 45.7 Å². The molecule has 3 heterocycles. The summed E-state index contributed by atoms with van der Waals surface area (Å²) in [7, 11) is 0. The Bertz CT molecular complexity index is 947. The van der Waals surface area contributed by atoms with Crippen molar-refractivity contribution < 1.29 is 13.9 Å². The Balaban J connectivity index is 2.13. The Labute approximate surface area is 164 Å². The van der Waals surface area contributed by atoms with Crippen molar-refractivity contribution in [2.24, 2.45) is 0 Å². The number of aromatic nitrogens is 3. The van der Waals surface area contributed by atoms with Crippen LogP contribution < -0.4 is 4.90 Å². The molecule has 0 N–H and O–H groups in total. The summed E-state index contributed by atoms with van der Waals surface area (Å²) in [5, 5.41) is 4.23. The predicted molar refractivity (Wildman–Crippen MR) is 102 cm³/mol. The van der Waals surface area contributed by atoms with Crippen molar-refractivity contribution in [3.8, 4) is 0 Å². The van der Waals surface area contributed by atoms with E-state index in [1.54, 1.807) is 43.7 Å². The van der Waals surface area contributed by atoms with E-state index in [9.17, 15) is 4.79 Å². The molecule has 0 radical (unpaired) electrons. The van der Waals surface area contributed by atoms with Gasteiger partial charge < -0.3 is 9.15 Å². The average molecular weight is 442 g/mol. The number of anilines is 1. The second-order valence-corrected chi connectivity index (χ2v) is 7.92. The van der Waals surface area contributed by atoms with Gasteiger partial charge in [0.15, 0.2) is 5.82 Å². The molecule has 7 nitrogen and oxygen atoms in total. The summed E-state index contributed by atoms with van der Waals surface area (Å²) >= 11 is 9.59. The van der Waals surface area contributed by atoms with Crippen LogP contribution in [0.25, 0.3) is 5.52 Å². The second kappa shape index (κ2) is 6.92. The van der Waals surface area contributed by atoms with Crippen LogP contribution in [0, 0.1) is 6.92 Å². The normalized spacial score (nSPS) is 11.8. The zero-order valence-electron chi connectivity index (χ0n) is 14.8. The van der Waals surface area contributed by atoms with E-state index in [4.69, 9.17) is 20.8 Å². The monoisotopic (exact) mass is 440 g/mol. The standard InChI is InChI=1S/C17H18BrClN4O3/c1-10-12(18)8-13-14(20-15(19)21-23(10)13)22(9-11-6-5-7-25-11)16(24)26-17(2,3)4/h5-8H,9H2,1-4H3. The number of amides is 1. The molecule has 26 heavy (non-hydrogen) atoms. The Kier molecular flexibility index (Phi) is 4.98. The van der Waals surface area contributed by atoms with Crippen LogP contribution in [0.1, 0.15) is 32.2 Å². The Morgan fingerprint density at radius 2 is 2.19 bits per heavy atom. The number of fused-ring (bicyclic) bond motifs is 1. The van der Waals surface area contributed by atoms with Crippen LogP contribution in [-0.2, 0) is 11.3 Å². The molecule has 0 saturated carbocycles. The number of carbonyl (C=O) groups is 1. The number of halogens is 2. The average Bonchev–Trinajstić information content (AvgIpc) is 3.13. The van der Waals surface area contributed by atoms with Crippen molar-refractivity contribution in [1.82, 2.24) is 14.6 Å². The van der Waals surface area contributed by atoms with E-state index in [0.29, 0.717) is 17.1 Å². The summed E-state index contributed by atoms with van der Waals surface area (Å²) in [6.07, 6.45) is 0.990. The molecule has 138 valence electrons. The highest BCUT2D eigenvalue weighted by Crippen LogP contribution is 2.30. The van der Waals surface area contributed by atoms with E-state index >= 15 is 0 Å². The molecule has 1 amide bonds. The number of hydrogen-bond acceptors (Lipinski definition) is 5. The minimum absolute atomic E-state index is 0.0201. The number of aryl methyl sites for hydroxylation is 1. The molecular weight excluding hydrogens is 424 g/mol. The molecule has 0 spiro atoms. The van der Waals surface area contributed by atoms with Gasteiger partial charge in [-0.15, -0.1) is 5.10 Å². The van der Waals surface area contributed by atoms with E-state index in [1.807, 2.05) is 13.0 Å². The van der Waals surface area contributed by atoms with Gasteiger partial charge in [0.1, 0.15) is 16.9 Å². The maximum absolute atomic E-state index is 12.9. The maximum Gasteiger partial charge on any atom is 0.416 e. The highest BCUT2D eigenvalue weighted by Gasteiger charge is 2.28. The van der Waals surface area contributed by atoms with Crippen molar-refractivity contribution >= 4 is 45.0 Å². The first-order valence-electron chi connectivity index (χ1n) is 7.90. The van der Waals surface area contributed by atoms with Crippen molar-refractivity contribution in [1.29, 1.82) is 0 Å². The molecule has 9 heteroatoms. The van der Waals surface area contributed by atoms with E-state index in [2.05, 4.69) is 26.0 Å². The topological polar surface area (TPSA) is 72.9 Å². The summed E-state index contributed by atoms with van der Waals surface area (Å²) in [5.74, 6) is 0.926. The molecule has 0 unspecified atom stereocenters. The number of ether oxygens (including phenoxy) is 1. The third-order valence-electron chi connectivity index (χ3n) is 3.53. The zero-order valence-corrected chi connectivity index (χ0v) is 17.1. The molecule has 3 aromatic rings. The van der Waals surface area contributed by atoms with Gasteiger partial charge in [-0.25, -0.2) is 9.31 Å². The Morgan fingerprint density at radius 1 is 1.46 bits per heavy atom. The van der Waals surface area contributed by atoms with Crippen LogP contribution in [-0.4, -0.2) is 26.3 Å². The van der Waals surface area contributed by atoms with E-state index in [1.165, 1.54) is 4.90 Å². The Hall–Kier alpha value is -2.06. The lowest BCUT2D eigenvalue weighted by molar-refractivity contribution is 0.0574. The van der Waals surface area contributed by atoms with E-state index < -0.39 is 11.7 Å². The lowest BCUT2D eigenvalue weighted by Crippen LogP contribution is -2.37. The minimum atomic E-state index is -0.663. The van der Waals surface area contributed by atoms with Gasteiger partial charge >= 0.3 is 6.09 Å². The van der Waals surface area contributed by atoms with Crippen LogP contribution in [0.2, 0.25) is 5.28 Å². The molecule has 0 aliphatic rings. The number of rotatable bonds is 3. The van der Waals surface area contributed by atoms with Gasteiger partial charge in [-0.05, 0) is 73.4 Å². The van der Waals surface area contributed by atoms with Gasteiger partial charge in [0.25, 0.3) is 0 Å². The number of nitrogens with zero attached hydrogens (tertiary/aromatic N) is 4. The summed E-state index contributed by atoms with van der Waals surface area (Å²) in [6.45, 7) is 7.44. The molecule has 3 aromatic heterocycles. The maximum atomic E-state index is 12.9. The lowest BCUT2D eigenvalue weighted by atomic mass is 10.2. The molecule has 0 fully saturated rings. The summed E-state index contributed by atoms with van der Waals surface area (Å²) < 4.78 is 13.4. The van der Waals surface area contributed by atoms with Crippen molar-refractivity contribution in [2.45, 2.75) is 39.8 Å². The van der Waals surface area contributed by atoms with Gasteiger partial charge in [-0.3, -0.25) is 4.90 Å². The van der Waals surface area contributed by atoms with Crippen molar-refractivity contribution in [2.75, 3.05) is 4.90 Å². The fourth-order valence-corrected chi connectivity index (χ4v) is 2.95. The zero-order chi connectivity index (χ0) is 19.1. The van der Waals surface area contributed by atoms with Gasteiger partial charge in [0, 0.05) is 4.47 Å². The van der Waals surface area contributed by atoms with Crippen LogP contribution >= 0.6 is 27.5 Å². The van der Waals surface area contributed by atoms with Crippen LogP contribution in [0.4, 0.5) is 10.6 Å². The molecule has 0 atom stereocenters. The number of carbonyl (C=O) groups excluding carboxylic acids is 1. The highest BCUT2D eigenvalue weighted by atomic mass is 79.9. The molecule has 0 bridgehead atoms. The number of furan rings is 1. The van der Waals surface area contributed by atoms with Crippen molar-refractivity contribution in [3.63, 3.8) is 0 Å².